The number of benzene rings is 1. The lowest BCUT2D eigenvalue weighted by Gasteiger charge is -2.09. The summed E-state index contributed by atoms with van der Waals surface area (Å²) in [5.74, 6) is 0.418. The van der Waals surface area contributed by atoms with Gasteiger partial charge in [0.2, 0.25) is 10.0 Å². The summed E-state index contributed by atoms with van der Waals surface area (Å²) >= 11 is 5.98. The molecule has 106 valence electrons. The molecule has 1 fully saturated rings. The van der Waals surface area contributed by atoms with E-state index in [2.05, 4.69) is 18.6 Å². The van der Waals surface area contributed by atoms with Crippen LogP contribution in [0.4, 0.5) is 0 Å². The summed E-state index contributed by atoms with van der Waals surface area (Å²) in [5, 5.41) is 0.386. The summed E-state index contributed by atoms with van der Waals surface area (Å²) < 4.78 is 26.9. The molecule has 0 bridgehead atoms. The van der Waals surface area contributed by atoms with Gasteiger partial charge in [0.05, 0.1) is 4.90 Å². The molecule has 0 spiro atoms. The van der Waals surface area contributed by atoms with Crippen LogP contribution in [0.5, 0.6) is 0 Å². The Balaban J connectivity index is 2.09. The summed E-state index contributed by atoms with van der Waals surface area (Å²) in [7, 11) is -3.49. The molecule has 3 N–H and O–H groups in total. The molecule has 0 amide bonds. The molecule has 1 aliphatic carbocycles. The maximum absolute atomic E-state index is 12.1. The van der Waals surface area contributed by atoms with E-state index in [9.17, 15) is 8.42 Å². The molecule has 2 rings (SSSR count). The lowest BCUT2D eigenvalue weighted by atomic mass is 10.1. The third-order valence-electron chi connectivity index (χ3n) is 3.79. The van der Waals surface area contributed by atoms with Crippen molar-refractivity contribution >= 4 is 21.6 Å². The minimum Gasteiger partial charge on any atom is -0.326 e. The van der Waals surface area contributed by atoms with Crippen LogP contribution in [0.15, 0.2) is 23.1 Å². The summed E-state index contributed by atoms with van der Waals surface area (Å²) in [6.45, 7) is 5.05. The molecule has 1 aliphatic rings. The Hall–Kier alpha value is -0.620. The van der Waals surface area contributed by atoms with E-state index in [4.69, 9.17) is 17.3 Å². The lowest BCUT2D eigenvalue weighted by molar-refractivity contribution is 0.537. The molecule has 0 radical (unpaired) electrons. The molecule has 4 nitrogen and oxygen atoms in total. The highest BCUT2D eigenvalue weighted by molar-refractivity contribution is 7.89. The van der Waals surface area contributed by atoms with Gasteiger partial charge in [-0.25, -0.2) is 13.1 Å². The largest absolute Gasteiger partial charge is 0.326 e. The summed E-state index contributed by atoms with van der Waals surface area (Å²) in [4.78, 5) is 0.188. The normalized spacial score (nSPS) is 21.4. The molecule has 1 unspecified atom stereocenters. The fourth-order valence-corrected chi connectivity index (χ4v) is 3.51. The van der Waals surface area contributed by atoms with Crippen molar-refractivity contribution in [3.63, 3.8) is 0 Å². The number of hydrogen-bond donors (Lipinski definition) is 2. The van der Waals surface area contributed by atoms with Crippen LogP contribution < -0.4 is 10.5 Å². The van der Waals surface area contributed by atoms with Crippen molar-refractivity contribution in [2.75, 3.05) is 6.54 Å². The Morgan fingerprint density at radius 2 is 2.11 bits per heavy atom. The van der Waals surface area contributed by atoms with E-state index in [1.165, 1.54) is 12.1 Å². The van der Waals surface area contributed by atoms with Crippen LogP contribution >= 0.6 is 11.6 Å². The van der Waals surface area contributed by atoms with Gasteiger partial charge >= 0.3 is 0 Å². The Kier molecular flexibility index (Phi) is 3.93. The molecule has 1 aromatic carbocycles. The molecule has 1 aromatic rings. The zero-order chi connectivity index (χ0) is 14.3. The number of hydrogen-bond acceptors (Lipinski definition) is 3. The molecule has 0 aliphatic heterocycles. The maximum Gasteiger partial charge on any atom is 0.240 e. The molecule has 6 heteroatoms. The third-order valence-corrected chi connectivity index (χ3v) is 5.57. The van der Waals surface area contributed by atoms with Crippen molar-refractivity contribution in [3.05, 3.63) is 28.8 Å². The van der Waals surface area contributed by atoms with E-state index in [0.717, 1.165) is 12.0 Å². The number of halogens is 1. The Morgan fingerprint density at radius 3 is 2.58 bits per heavy atom. The van der Waals surface area contributed by atoms with Crippen molar-refractivity contribution < 1.29 is 8.42 Å². The van der Waals surface area contributed by atoms with Crippen LogP contribution in [0.25, 0.3) is 0 Å². The van der Waals surface area contributed by atoms with Gasteiger partial charge in [0.1, 0.15) is 0 Å². The second kappa shape index (κ2) is 5.05. The highest BCUT2D eigenvalue weighted by atomic mass is 35.5. The smallest absolute Gasteiger partial charge is 0.240 e. The molecular weight excluding hydrogens is 284 g/mol. The van der Waals surface area contributed by atoms with Crippen LogP contribution in [0.2, 0.25) is 5.02 Å². The van der Waals surface area contributed by atoms with Crippen molar-refractivity contribution in [3.8, 4) is 0 Å². The van der Waals surface area contributed by atoms with Gasteiger partial charge < -0.3 is 5.73 Å². The number of sulfonamides is 1. The minimum atomic E-state index is -3.49. The van der Waals surface area contributed by atoms with Gasteiger partial charge in [0.15, 0.2) is 0 Å². The third kappa shape index (κ3) is 3.28. The first-order chi connectivity index (χ1) is 8.76. The van der Waals surface area contributed by atoms with Crippen molar-refractivity contribution in [1.29, 1.82) is 0 Å². The van der Waals surface area contributed by atoms with Crippen LogP contribution in [0.3, 0.4) is 0 Å². The van der Waals surface area contributed by atoms with Crippen LogP contribution in [-0.2, 0) is 16.6 Å². The molecular formula is C13H19ClN2O2S. The van der Waals surface area contributed by atoms with E-state index in [1.54, 1.807) is 6.07 Å². The van der Waals surface area contributed by atoms with Gasteiger partial charge in [0, 0.05) is 18.1 Å². The van der Waals surface area contributed by atoms with Gasteiger partial charge in [0.25, 0.3) is 0 Å². The monoisotopic (exact) mass is 302 g/mol. The van der Waals surface area contributed by atoms with Crippen molar-refractivity contribution in [2.45, 2.75) is 31.7 Å². The zero-order valence-electron chi connectivity index (χ0n) is 11.1. The van der Waals surface area contributed by atoms with Gasteiger partial charge in [-0.1, -0.05) is 31.5 Å². The van der Waals surface area contributed by atoms with E-state index >= 15 is 0 Å². The first-order valence-corrected chi connectivity index (χ1v) is 8.10. The van der Waals surface area contributed by atoms with Crippen LogP contribution in [-0.4, -0.2) is 15.0 Å². The predicted molar refractivity (Wildman–Crippen MR) is 76.4 cm³/mol. The highest BCUT2D eigenvalue weighted by Gasteiger charge is 2.45. The average molecular weight is 303 g/mol. The van der Waals surface area contributed by atoms with Gasteiger partial charge in [-0.2, -0.15) is 0 Å². The SMILES string of the molecule is CC1(C)CC1CNS(=O)(=O)c1ccc(CN)c(Cl)c1. The molecule has 1 saturated carbocycles. The standard InChI is InChI=1S/C13H19ClN2O2S/c1-13(2)6-10(13)8-16-19(17,18)11-4-3-9(7-15)12(14)5-11/h3-5,10,16H,6-8,15H2,1-2H3. The van der Waals surface area contributed by atoms with Gasteiger partial charge in [-0.3, -0.25) is 0 Å². The number of nitrogens with one attached hydrogen (secondary N) is 1. The molecule has 0 aromatic heterocycles. The fraction of sp³-hybridized carbons (Fsp3) is 0.538. The molecule has 1 atom stereocenters. The maximum atomic E-state index is 12.1. The fourth-order valence-electron chi connectivity index (χ4n) is 2.08. The second-order valence-corrected chi connectivity index (χ2v) is 7.87. The van der Waals surface area contributed by atoms with E-state index in [-0.39, 0.29) is 10.3 Å². The second-order valence-electron chi connectivity index (χ2n) is 5.70. The van der Waals surface area contributed by atoms with E-state index in [1.807, 2.05) is 0 Å². The minimum absolute atomic E-state index is 0.188. The van der Waals surface area contributed by atoms with Crippen molar-refractivity contribution in [2.24, 2.45) is 17.1 Å². The van der Waals surface area contributed by atoms with Gasteiger partial charge in [-0.05, 0) is 35.4 Å². The van der Waals surface area contributed by atoms with Crippen LogP contribution in [0.1, 0.15) is 25.8 Å². The van der Waals surface area contributed by atoms with Gasteiger partial charge in [-0.15, -0.1) is 0 Å². The lowest BCUT2D eigenvalue weighted by Crippen LogP contribution is -2.26. The van der Waals surface area contributed by atoms with Crippen LogP contribution in [0, 0.1) is 11.3 Å². The topological polar surface area (TPSA) is 72.2 Å². The first kappa shape index (κ1) is 14.8. The molecule has 0 heterocycles. The Labute approximate surface area is 119 Å². The molecule has 0 saturated heterocycles. The van der Waals surface area contributed by atoms with E-state index in [0.29, 0.717) is 24.0 Å². The summed E-state index contributed by atoms with van der Waals surface area (Å²) in [5.41, 5.74) is 6.49. The Morgan fingerprint density at radius 1 is 1.47 bits per heavy atom. The summed E-state index contributed by atoms with van der Waals surface area (Å²) in [6.07, 6.45) is 1.06. The first-order valence-electron chi connectivity index (χ1n) is 6.24. The number of nitrogens with two attached hydrogens (primary N) is 1. The highest BCUT2D eigenvalue weighted by Crippen LogP contribution is 2.51. The van der Waals surface area contributed by atoms with Crippen molar-refractivity contribution in [1.82, 2.24) is 4.72 Å². The molecule has 19 heavy (non-hydrogen) atoms. The zero-order valence-corrected chi connectivity index (χ0v) is 12.7. The predicted octanol–water partition coefficient (Wildman–Crippen LogP) is 2.12. The van der Waals surface area contributed by atoms with E-state index < -0.39 is 10.0 Å². The average Bonchev–Trinajstić information content (AvgIpc) is 2.95. The quantitative estimate of drug-likeness (QED) is 0.875. The summed E-state index contributed by atoms with van der Waals surface area (Å²) in [6, 6.07) is 4.64. The Bertz CT molecular complexity index is 584. The number of rotatable bonds is 5.